The normalized spacial score (nSPS) is 40.4. The van der Waals surface area contributed by atoms with Gasteiger partial charge in [-0.25, -0.2) is 0 Å². The lowest BCUT2D eigenvalue weighted by Crippen LogP contribution is -2.54. The van der Waals surface area contributed by atoms with E-state index in [0.29, 0.717) is 17.7 Å². The van der Waals surface area contributed by atoms with Crippen molar-refractivity contribution in [1.29, 1.82) is 0 Å². The van der Waals surface area contributed by atoms with Gasteiger partial charge in [0.05, 0.1) is 6.10 Å². The molecule has 0 aromatic carbocycles. The van der Waals surface area contributed by atoms with Gasteiger partial charge >= 0.3 is 0 Å². The molecule has 3 heteroatoms. The Morgan fingerprint density at radius 1 is 1.47 bits per heavy atom. The average molecular weight is 212 g/mol. The molecular weight excluding hydrogens is 188 g/mol. The van der Waals surface area contributed by atoms with E-state index in [1.54, 1.807) is 0 Å². The van der Waals surface area contributed by atoms with Gasteiger partial charge in [-0.2, -0.15) is 0 Å². The quantitative estimate of drug-likeness (QED) is 0.720. The van der Waals surface area contributed by atoms with Crippen LogP contribution in [-0.4, -0.2) is 37.9 Å². The zero-order valence-electron chi connectivity index (χ0n) is 10.0. The van der Waals surface area contributed by atoms with Crippen molar-refractivity contribution in [2.45, 2.75) is 56.7 Å². The Morgan fingerprint density at radius 2 is 2.27 bits per heavy atom. The summed E-state index contributed by atoms with van der Waals surface area (Å²) in [4.78, 5) is 0. The predicted molar refractivity (Wildman–Crippen MR) is 62.1 cm³/mol. The maximum Gasteiger partial charge on any atom is 0.0601 e. The Balaban J connectivity index is 1.68. The molecule has 0 amide bonds. The molecule has 1 aliphatic carbocycles. The second-order valence-electron chi connectivity index (χ2n) is 5.07. The highest BCUT2D eigenvalue weighted by Gasteiger charge is 2.34. The van der Waals surface area contributed by atoms with Crippen LogP contribution in [0.25, 0.3) is 0 Å². The monoisotopic (exact) mass is 212 g/mol. The first-order valence-corrected chi connectivity index (χ1v) is 6.29. The molecule has 1 atom stereocenters. The summed E-state index contributed by atoms with van der Waals surface area (Å²) in [6, 6.07) is 0.695. The highest BCUT2D eigenvalue weighted by atomic mass is 16.5. The van der Waals surface area contributed by atoms with Gasteiger partial charge in [0.25, 0.3) is 0 Å². The molecule has 1 unspecified atom stereocenters. The first kappa shape index (κ1) is 11.4. The molecule has 1 saturated heterocycles. The third kappa shape index (κ3) is 2.52. The molecule has 1 heterocycles. The van der Waals surface area contributed by atoms with Crippen LogP contribution >= 0.6 is 0 Å². The first-order chi connectivity index (χ1) is 7.28. The molecule has 2 fully saturated rings. The van der Waals surface area contributed by atoms with E-state index >= 15 is 0 Å². The van der Waals surface area contributed by atoms with Crippen LogP contribution < -0.4 is 10.6 Å². The molecule has 2 N–H and O–H groups in total. The van der Waals surface area contributed by atoms with Crippen molar-refractivity contribution < 1.29 is 4.74 Å². The highest BCUT2D eigenvalue weighted by molar-refractivity contribution is 4.96. The largest absolute Gasteiger partial charge is 0.381 e. The fraction of sp³-hybridized carbons (Fsp3) is 1.00. The molecular formula is C12H24N2O. The number of ether oxygens (including phenoxy) is 1. The van der Waals surface area contributed by atoms with Gasteiger partial charge in [0.1, 0.15) is 0 Å². The summed E-state index contributed by atoms with van der Waals surface area (Å²) in [5.41, 5.74) is 0.387. The molecule has 2 aliphatic rings. The van der Waals surface area contributed by atoms with Gasteiger partial charge in [-0.1, -0.05) is 6.92 Å². The molecule has 3 nitrogen and oxygen atoms in total. The van der Waals surface area contributed by atoms with Crippen LogP contribution in [0.3, 0.4) is 0 Å². The maximum atomic E-state index is 5.28. The molecule has 0 spiro atoms. The van der Waals surface area contributed by atoms with Crippen molar-refractivity contribution in [3.8, 4) is 0 Å². The summed E-state index contributed by atoms with van der Waals surface area (Å²) < 4.78 is 5.28. The highest BCUT2D eigenvalue weighted by Crippen LogP contribution is 2.26. The van der Waals surface area contributed by atoms with Gasteiger partial charge in [-0.15, -0.1) is 0 Å². The molecule has 88 valence electrons. The van der Waals surface area contributed by atoms with Crippen LogP contribution in [0, 0.1) is 0 Å². The van der Waals surface area contributed by atoms with E-state index < -0.39 is 0 Å². The van der Waals surface area contributed by atoms with Gasteiger partial charge in [-0.05, 0) is 38.6 Å². The zero-order valence-corrected chi connectivity index (χ0v) is 10.0. The third-order valence-corrected chi connectivity index (χ3v) is 4.17. The van der Waals surface area contributed by atoms with E-state index in [9.17, 15) is 0 Å². The van der Waals surface area contributed by atoms with Gasteiger partial charge in [0, 0.05) is 25.2 Å². The summed E-state index contributed by atoms with van der Waals surface area (Å²) in [5.74, 6) is 0. The Hall–Kier alpha value is -0.120. The SMILES string of the molecule is CCC1(CNC2CC(OC)C2)CCCN1. The molecule has 0 radical (unpaired) electrons. The van der Waals surface area contributed by atoms with Crippen molar-refractivity contribution in [1.82, 2.24) is 10.6 Å². The fourth-order valence-corrected chi connectivity index (χ4v) is 2.71. The lowest BCUT2D eigenvalue weighted by molar-refractivity contribution is 0.0155. The minimum Gasteiger partial charge on any atom is -0.381 e. The smallest absolute Gasteiger partial charge is 0.0601 e. The zero-order chi connectivity index (χ0) is 10.7. The number of hydrogen-bond donors (Lipinski definition) is 2. The molecule has 2 rings (SSSR count). The number of methoxy groups -OCH3 is 1. The summed E-state index contributed by atoms with van der Waals surface area (Å²) in [6.45, 7) is 4.62. The number of rotatable bonds is 5. The predicted octanol–water partition coefficient (Wildman–Crippen LogP) is 1.29. The second kappa shape index (κ2) is 4.81. The van der Waals surface area contributed by atoms with Crippen molar-refractivity contribution >= 4 is 0 Å². The summed E-state index contributed by atoms with van der Waals surface area (Å²) in [6.07, 6.45) is 6.79. The maximum absolute atomic E-state index is 5.28. The molecule has 0 bridgehead atoms. The molecule has 15 heavy (non-hydrogen) atoms. The Labute approximate surface area is 93.0 Å². The summed E-state index contributed by atoms with van der Waals surface area (Å²) >= 11 is 0. The van der Waals surface area contributed by atoms with Crippen molar-refractivity contribution in [3.05, 3.63) is 0 Å². The van der Waals surface area contributed by atoms with Gasteiger partial charge in [0.2, 0.25) is 0 Å². The molecule has 1 saturated carbocycles. The van der Waals surface area contributed by atoms with Crippen molar-refractivity contribution in [2.24, 2.45) is 0 Å². The summed E-state index contributed by atoms with van der Waals surface area (Å²) in [7, 11) is 1.81. The van der Waals surface area contributed by atoms with Crippen molar-refractivity contribution in [3.63, 3.8) is 0 Å². The number of hydrogen-bond acceptors (Lipinski definition) is 3. The summed E-state index contributed by atoms with van der Waals surface area (Å²) in [5, 5.41) is 7.33. The first-order valence-electron chi connectivity index (χ1n) is 6.29. The molecule has 0 aromatic rings. The third-order valence-electron chi connectivity index (χ3n) is 4.17. The van der Waals surface area contributed by atoms with Crippen LogP contribution in [0.5, 0.6) is 0 Å². The van der Waals surface area contributed by atoms with Gasteiger partial charge < -0.3 is 15.4 Å². The van der Waals surface area contributed by atoms with Crippen molar-refractivity contribution in [2.75, 3.05) is 20.2 Å². The van der Waals surface area contributed by atoms with Crippen LogP contribution in [0.4, 0.5) is 0 Å². The Morgan fingerprint density at radius 3 is 2.80 bits per heavy atom. The lowest BCUT2D eigenvalue weighted by Gasteiger charge is -2.38. The molecule has 1 aliphatic heterocycles. The van der Waals surface area contributed by atoms with Crippen LogP contribution in [0.2, 0.25) is 0 Å². The Bertz CT molecular complexity index is 196. The van der Waals surface area contributed by atoms with E-state index in [0.717, 1.165) is 6.54 Å². The Kier molecular flexibility index (Phi) is 3.65. The minimum atomic E-state index is 0.387. The van der Waals surface area contributed by atoms with E-state index in [-0.39, 0.29) is 0 Å². The van der Waals surface area contributed by atoms with E-state index in [1.807, 2.05) is 7.11 Å². The van der Waals surface area contributed by atoms with Gasteiger partial charge in [-0.3, -0.25) is 0 Å². The fourth-order valence-electron chi connectivity index (χ4n) is 2.71. The van der Waals surface area contributed by atoms with E-state index in [2.05, 4.69) is 17.6 Å². The van der Waals surface area contributed by atoms with Gasteiger partial charge in [0.15, 0.2) is 0 Å². The van der Waals surface area contributed by atoms with E-state index in [1.165, 1.54) is 38.6 Å². The standard InChI is InChI=1S/C12H24N2O/c1-3-12(5-4-6-14-12)9-13-10-7-11(8-10)15-2/h10-11,13-14H,3-9H2,1-2H3. The van der Waals surface area contributed by atoms with Crippen LogP contribution in [0.15, 0.2) is 0 Å². The van der Waals surface area contributed by atoms with Crippen LogP contribution in [0.1, 0.15) is 39.0 Å². The van der Waals surface area contributed by atoms with Crippen LogP contribution in [-0.2, 0) is 4.74 Å². The topological polar surface area (TPSA) is 33.3 Å². The molecule has 0 aromatic heterocycles. The second-order valence-corrected chi connectivity index (χ2v) is 5.07. The van der Waals surface area contributed by atoms with E-state index in [4.69, 9.17) is 4.74 Å². The lowest BCUT2D eigenvalue weighted by atomic mass is 9.87. The average Bonchev–Trinajstić information content (AvgIpc) is 2.65. The minimum absolute atomic E-state index is 0.387. The number of nitrogens with one attached hydrogen (secondary N) is 2.